The molecule has 1 aliphatic carbocycles. The lowest BCUT2D eigenvalue weighted by Gasteiger charge is -2.23. The highest BCUT2D eigenvalue weighted by molar-refractivity contribution is 6.17. The summed E-state index contributed by atoms with van der Waals surface area (Å²) in [5, 5.41) is 2.97. The molecule has 3 nitrogen and oxygen atoms in total. The number of unbranched alkanes of at least 4 members (excludes halogenated alkanes) is 1. The number of halogens is 1. The van der Waals surface area contributed by atoms with Crippen molar-refractivity contribution < 1.29 is 4.79 Å². The first-order chi connectivity index (χ1) is 8.24. The second-order valence-electron chi connectivity index (χ2n) is 4.91. The van der Waals surface area contributed by atoms with Crippen LogP contribution in [0, 0.1) is 0 Å². The quantitative estimate of drug-likeness (QED) is 0.537. The lowest BCUT2D eigenvalue weighted by Crippen LogP contribution is -2.37. The van der Waals surface area contributed by atoms with Gasteiger partial charge in [-0.1, -0.05) is 12.8 Å². The van der Waals surface area contributed by atoms with Crippen LogP contribution in [0.1, 0.15) is 44.9 Å². The Kier molecular flexibility index (Phi) is 7.62. The third kappa shape index (κ3) is 6.27. The maximum Gasteiger partial charge on any atom is 0.220 e. The monoisotopic (exact) mass is 260 g/mol. The second-order valence-corrected chi connectivity index (χ2v) is 5.29. The van der Waals surface area contributed by atoms with Gasteiger partial charge in [-0.25, -0.2) is 0 Å². The molecule has 1 saturated carbocycles. The standard InChI is InChI=1S/C13H25ClN2O/c1-16(12-6-2-3-7-12)11-10-15-13(17)8-4-5-9-14/h12H,2-11H2,1H3,(H,15,17). The number of amides is 1. The molecule has 1 fully saturated rings. The summed E-state index contributed by atoms with van der Waals surface area (Å²) < 4.78 is 0. The van der Waals surface area contributed by atoms with E-state index in [2.05, 4.69) is 17.3 Å². The number of nitrogens with zero attached hydrogens (tertiary/aromatic N) is 1. The van der Waals surface area contributed by atoms with E-state index in [0.717, 1.165) is 32.0 Å². The molecule has 0 saturated heterocycles. The van der Waals surface area contributed by atoms with Crippen molar-refractivity contribution in [3.63, 3.8) is 0 Å². The van der Waals surface area contributed by atoms with Gasteiger partial charge in [0.15, 0.2) is 0 Å². The molecule has 0 aromatic carbocycles. The number of rotatable bonds is 8. The normalized spacial score (nSPS) is 16.6. The van der Waals surface area contributed by atoms with Crippen molar-refractivity contribution in [3.8, 4) is 0 Å². The van der Waals surface area contributed by atoms with Crippen LogP contribution in [0.3, 0.4) is 0 Å². The Morgan fingerprint density at radius 3 is 2.71 bits per heavy atom. The Bertz CT molecular complexity index is 217. The Hall–Kier alpha value is -0.280. The number of alkyl halides is 1. The van der Waals surface area contributed by atoms with E-state index in [1.54, 1.807) is 0 Å². The first-order valence-corrected chi connectivity index (χ1v) is 7.30. The van der Waals surface area contributed by atoms with Gasteiger partial charge in [0.2, 0.25) is 5.91 Å². The fourth-order valence-corrected chi connectivity index (χ4v) is 2.56. The summed E-state index contributed by atoms with van der Waals surface area (Å²) in [4.78, 5) is 13.8. The van der Waals surface area contributed by atoms with Crippen molar-refractivity contribution in [2.75, 3.05) is 26.0 Å². The molecule has 0 aromatic rings. The smallest absolute Gasteiger partial charge is 0.220 e. The zero-order valence-corrected chi connectivity index (χ0v) is 11.6. The lowest BCUT2D eigenvalue weighted by molar-refractivity contribution is -0.121. The summed E-state index contributed by atoms with van der Waals surface area (Å²) >= 11 is 5.57. The molecule has 1 amide bonds. The van der Waals surface area contributed by atoms with Crippen LogP contribution >= 0.6 is 11.6 Å². The van der Waals surface area contributed by atoms with Crippen molar-refractivity contribution in [2.45, 2.75) is 51.0 Å². The molecule has 1 aliphatic rings. The van der Waals surface area contributed by atoms with Gasteiger partial charge in [-0.15, -0.1) is 11.6 Å². The average molecular weight is 261 g/mol. The number of hydrogen-bond donors (Lipinski definition) is 1. The molecule has 1 rings (SSSR count). The SMILES string of the molecule is CN(CCNC(=O)CCCCCl)C1CCCC1. The molecule has 0 atom stereocenters. The first kappa shape index (κ1) is 14.8. The number of nitrogens with one attached hydrogen (secondary N) is 1. The molecular weight excluding hydrogens is 236 g/mol. The van der Waals surface area contributed by atoms with E-state index in [-0.39, 0.29) is 5.91 Å². The molecule has 1 N–H and O–H groups in total. The molecule has 4 heteroatoms. The summed E-state index contributed by atoms with van der Waals surface area (Å²) in [5.41, 5.74) is 0. The van der Waals surface area contributed by atoms with Crippen LogP contribution in [0.4, 0.5) is 0 Å². The average Bonchev–Trinajstić information content (AvgIpc) is 2.82. The van der Waals surface area contributed by atoms with E-state index >= 15 is 0 Å². The van der Waals surface area contributed by atoms with Crippen LogP contribution in [-0.2, 0) is 4.79 Å². The van der Waals surface area contributed by atoms with Gasteiger partial charge in [-0.2, -0.15) is 0 Å². The Morgan fingerprint density at radius 1 is 1.35 bits per heavy atom. The largest absolute Gasteiger partial charge is 0.355 e. The summed E-state index contributed by atoms with van der Waals surface area (Å²) in [6.07, 6.45) is 7.80. The minimum Gasteiger partial charge on any atom is -0.355 e. The summed E-state index contributed by atoms with van der Waals surface area (Å²) in [7, 11) is 2.16. The van der Waals surface area contributed by atoms with Crippen LogP contribution in [0.2, 0.25) is 0 Å². The fourth-order valence-electron chi connectivity index (χ4n) is 2.37. The van der Waals surface area contributed by atoms with Crippen molar-refractivity contribution >= 4 is 17.5 Å². The highest BCUT2D eigenvalue weighted by atomic mass is 35.5. The van der Waals surface area contributed by atoms with Crippen molar-refractivity contribution in [1.29, 1.82) is 0 Å². The van der Waals surface area contributed by atoms with E-state index in [4.69, 9.17) is 11.6 Å². The predicted molar refractivity (Wildman–Crippen MR) is 72.5 cm³/mol. The third-order valence-electron chi connectivity index (χ3n) is 3.52. The molecule has 0 aromatic heterocycles. The van der Waals surface area contributed by atoms with Crippen molar-refractivity contribution in [1.82, 2.24) is 10.2 Å². The van der Waals surface area contributed by atoms with Gasteiger partial charge in [0.1, 0.15) is 0 Å². The van der Waals surface area contributed by atoms with E-state index in [1.807, 2.05) is 0 Å². The Morgan fingerprint density at radius 2 is 2.06 bits per heavy atom. The lowest BCUT2D eigenvalue weighted by atomic mass is 10.2. The number of carbonyl (C=O) groups is 1. The Labute approximate surface area is 110 Å². The molecular formula is C13H25ClN2O. The first-order valence-electron chi connectivity index (χ1n) is 6.77. The molecule has 0 bridgehead atoms. The molecule has 0 spiro atoms. The summed E-state index contributed by atoms with van der Waals surface area (Å²) in [5.74, 6) is 0.812. The van der Waals surface area contributed by atoms with E-state index in [1.165, 1.54) is 25.7 Å². The Balaban J connectivity index is 2.00. The summed E-state index contributed by atoms with van der Waals surface area (Å²) in [6, 6.07) is 0.739. The van der Waals surface area contributed by atoms with Gasteiger partial charge in [-0.05, 0) is 32.7 Å². The highest BCUT2D eigenvalue weighted by Crippen LogP contribution is 2.21. The van der Waals surface area contributed by atoms with Crippen LogP contribution in [0.25, 0.3) is 0 Å². The number of hydrogen-bond acceptors (Lipinski definition) is 2. The van der Waals surface area contributed by atoms with Gasteiger partial charge in [-0.3, -0.25) is 4.79 Å². The zero-order valence-electron chi connectivity index (χ0n) is 10.9. The van der Waals surface area contributed by atoms with Gasteiger partial charge in [0.25, 0.3) is 0 Å². The molecule has 0 heterocycles. The minimum absolute atomic E-state index is 0.162. The van der Waals surface area contributed by atoms with Gasteiger partial charge < -0.3 is 10.2 Å². The zero-order chi connectivity index (χ0) is 12.5. The maximum absolute atomic E-state index is 11.4. The van der Waals surface area contributed by atoms with Gasteiger partial charge in [0, 0.05) is 31.4 Å². The van der Waals surface area contributed by atoms with Crippen LogP contribution in [-0.4, -0.2) is 42.9 Å². The van der Waals surface area contributed by atoms with Crippen molar-refractivity contribution in [3.05, 3.63) is 0 Å². The highest BCUT2D eigenvalue weighted by Gasteiger charge is 2.18. The fraction of sp³-hybridized carbons (Fsp3) is 0.923. The molecule has 0 radical (unpaired) electrons. The molecule has 17 heavy (non-hydrogen) atoms. The molecule has 100 valence electrons. The number of likely N-dealkylation sites (N-methyl/N-ethyl adjacent to an activating group) is 1. The number of carbonyl (C=O) groups excluding carboxylic acids is 1. The van der Waals surface area contributed by atoms with E-state index in [0.29, 0.717) is 12.3 Å². The maximum atomic E-state index is 11.4. The van der Waals surface area contributed by atoms with Gasteiger partial charge >= 0.3 is 0 Å². The van der Waals surface area contributed by atoms with Gasteiger partial charge in [0.05, 0.1) is 0 Å². The van der Waals surface area contributed by atoms with Crippen LogP contribution in [0.5, 0.6) is 0 Å². The minimum atomic E-state index is 0.162. The topological polar surface area (TPSA) is 32.3 Å². The second kappa shape index (κ2) is 8.76. The third-order valence-corrected chi connectivity index (χ3v) is 3.79. The van der Waals surface area contributed by atoms with E-state index < -0.39 is 0 Å². The molecule has 0 unspecified atom stereocenters. The molecule has 0 aliphatic heterocycles. The van der Waals surface area contributed by atoms with E-state index in [9.17, 15) is 4.79 Å². The summed E-state index contributed by atoms with van der Waals surface area (Å²) in [6.45, 7) is 1.73. The van der Waals surface area contributed by atoms with Crippen molar-refractivity contribution in [2.24, 2.45) is 0 Å². The van der Waals surface area contributed by atoms with Crippen LogP contribution in [0.15, 0.2) is 0 Å². The van der Waals surface area contributed by atoms with Crippen LogP contribution < -0.4 is 5.32 Å². The predicted octanol–water partition coefficient (Wildman–Crippen LogP) is 2.39.